The molecule has 1 aliphatic heterocycles. The Labute approximate surface area is 288 Å². The molecule has 9 nitrogen and oxygen atoms in total. The summed E-state index contributed by atoms with van der Waals surface area (Å²) in [5.41, 5.74) is 6.77. The number of hydrogen-bond acceptors (Lipinski definition) is 7. The van der Waals surface area contributed by atoms with Gasteiger partial charge in [0.1, 0.15) is 11.5 Å². The third-order valence-electron chi connectivity index (χ3n) is 8.19. The summed E-state index contributed by atoms with van der Waals surface area (Å²) in [7, 11) is 0. The molecule has 5 aromatic rings. The first-order valence-corrected chi connectivity index (χ1v) is 15.7. The molecule has 1 aromatic heterocycles. The molecule has 0 spiro atoms. The summed E-state index contributed by atoms with van der Waals surface area (Å²) in [6.45, 7) is 1.37. The van der Waals surface area contributed by atoms with Crippen LogP contribution in [0.25, 0.3) is 10.9 Å². The van der Waals surface area contributed by atoms with Gasteiger partial charge in [0.05, 0.1) is 16.3 Å². The van der Waals surface area contributed by atoms with Crippen molar-refractivity contribution in [2.45, 2.75) is 38.5 Å². The lowest BCUT2D eigenvalue weighted by Crippen LogP contribution is -2.50. The fourth-order valence-corrected chi connectivity index (χ4v) is 5.70. The minimum absolute atomic E-state index is 0.00350. The minimum Gasteiger partial charge on any atom is -0.406 e. The third-order valence-corrected chi connectivity index (χ3v) is 8.19. The van der Waals surface area contributed by atoms with E-state index in [1.54, 1.807) is 0 Å². The first-order valence-electron chi connectivity index (χ1n) is 15.7. The molecule has 1 saturated heterocycles. The second kappa shape index (κ2) is 15.4. The van der Waals surface area contributed by atoms with Crippen LogP contribution in [-0.4, -0.2) is 41.7 Å². The minimum atomic E-state index is -4.86. The van der Waals surface area contributed by atoms with Crippen molar-refractivity contribution < 1.29 is 40.6 Å². The van der Waals surface area contributed by atoms with Crippen molar-refractivity contribution in [3.8, 4) is 11.5 Å². The number of H-pyrrole nitrogens is 1. The molecule has 0 saturated carbocycles. The normalized spacial score (nSPS) is 14.3. The molecule has 268 valence electrons. The summed E-state index contributed by atoms with van der Waals surface area (Å²) in [6.07, 6.45) is -7.87. The number of fused-ring (bicyclic) bond motifs is 1. The number of aromatic amines is 1. The van der Waals surface area contributed by atoms with Crippen molar-refractivity contribution in [2.24, 2.45) is 5.41 Å². The van der Waals surface area contributed by atoms with Crippen molar-refractivity contribution in [2.75, 3.05) is 23.7 Å². The van der Waals surface area contributed by atoms with Crippen LogP contribution in [0, 0.1) is 5.41 Å². The van der Waals surface area contributed by atoms with Gasteiger partial charge in [-0.2, -0.15) is 0 Å². The summed E-state index contributed by atoms with van der Waals surface area (Å²) < 4.78 is 80.0. The summed E-state index contributed by atoms with van der Waals surface area (Å²) >= 11 is 0. The standard InChI is InChI=1S/C29H27F3N4O3.C7H6F3NO/c30-29(31,32)39-22-11-12-24-23(17-22)25(37)35-27(34-24)36-15-13-28(14-16-36,18-20-7-3-1-4-8-20)26(38)33-19-21-9-5-2-6-10-21;8-7(9,10)12-6-3-1-5(11)2-4-6/h1-12,17H,13-16,18-19H2,(H,33,38)(H,34,35,37);1-4H,11H2. The van der Waals surface area contributed by atoms with Gasteiger partial charge >= 0.3 is 12.7 Å². The fraction of sp³-hybridized carbons (Fsp3) is 0.250. The van der Waals surface area contributed by atoms with Crippen molar-refractivity contribution >= 4 is 28.4 Å². The van der Waals surface area contributed by atoms with Crippen molar-refractivity contribution in [3.63, 3.8) is 0 Å². The Morgan fingerprint density at radius 3 is 1.94 bits per heavy atom. The number of halogens is 6. The van der Waals surface area contributed by atoms with Gasteiger partial charge in [-0.1, -0.05) is 60.7 Å². The Bertz CT molecular complexity index is 1960. The summed E-state index contributed by atoms with van der Waals surface area (Å²) in [4.78, 5) is 35.4. The van der Waals surface area contributed by atoms with Crippen LogP contribution in [0.2, 0.25) is 0 Å². The van der Waals surface area contributed by atoms with Crippen molar-refractivity contribution in [1.29, 1.82) is 0 Å². The van der Waals surface area contributed by atoms with E-state index in [4.69, 9.17) is 5.73 Å². The van der Waals surface area contributed by atoms with Gasteiger partial charge in [0.15, 0.2) is 0 Å². The average molecular weight is 714 g/mol. The van der Waals surface area contributed by atoms with E-state index in [-0.39, 0.29) is 22.6 Å². The number of amides is 1. The molecule has 51 heavy (non-hydrogen) atoms. The number of hydrogen-bond donors (Lipinski definition) is 3. The van der Waals surface area contributed by atoms with E-state index in [0.717, 1.165) is 35.4 Å². The van der Waals surface area contributed by atoms with E-state index in [1.807, 2.05) is 65.6 Å². The number of piperidine rings is 1. The lowest BCUT2D eigenvalue weighted by atomic mass is 9.73. The maximum absolute atomic E-state index is 13.6. The lowest BCUT2D eigenvalue weighted by molar-refractivity contribution is -0.275. The maximum atomic E-state index is 13.6. The zero-order valence-electron chi connectivity index (χ0n) is 26.9. The number of nitrogen functional groups attached to an aromatic ring is 1. The van der Waals surface area contributed by atoms with Crippen LogP contribution in [0.3, 0.4) is 0 Å². The molecule has 4 aromatic carbocycles. The van der Waals surface area contributed by atoms with Crippen LogP contribution in [0.1, 0.15) is 24.0 Å². The van der Waals surface area contributed by atoms with Crippen molar-refractivity contribution in [3.05, 3.63) is 125 Å². The van der Waals surface area contributed by atoms with E-state index in [0.29, 0.717) is 50.5 Å². The molecule has 0 atom stereocenters. The van der Waals surface area contributed by atoms with Crippen LogP contribution in [-0.2, 0) is 17.8 Å². The molecular formula is C36H33F6N5O4. The second-order valence-corrected chi connectivity index (χ2v) is 11.8. The van der Waals surface area contributed by atoms with Crippen LogP contribution in [0.5, 0.6) is 11.5 Å². The Morgan fingerprint density at radius 1 is 0.804 bits per heavy atom. The predicted octanol–water partition coefficient (Wildman–Crippen LogP) is 7.13. The van der Waals surface area contributed by atoms with Gasteiger partial charge in [0, 0.05) is 25.3 Å². The number of carbonyl (C=O) groups is 1. The topological polar surface area (TPSA) is 123 Å². The van der Waals surface area contributed by atoms with Crippen molar-refractivity contribution in [1.82, 2.24) is 15.3 Å². The number of alkyl halides is 6. The molecule has 1 amide bonds. The quantitative estimate of drug-likeness (QED) is 0.116. The van der Waals surface area contributed by atoms with Gasteiger partial charge in [-0.25, -0.2) is 4.98 Å². The first-order chi connectivity index (χ1) is 24.2. The van der Waals surface area contributed by atoms with E-state index in [2.05, 4.69) is 24.8 Å². The molecule has 0 radical (unpaired) electrons. The van der Waals surface area contributed by atoms with Crippen LogP contribution in [0.15, 0.2) is 108 Å². The number of benzene rings is 4. The Hall–Kier alpha value is -5.73. The maximum Gasteiger partial charge on any atom is 0.573 e. The number of nitrogens with zero attached hydrogens (tertiary/aromatic N) is 2. The van der Waals surface area contributed by atoms with E-state index >= 15 is 0 Å². The number of ether oxygens (including phenoxy) is 2. The molecule has 2 heterocycles. The lowest BCUT2D eigenvalue weighted by Gasteiger charge is -2.41. The molecule has 1 fully saturated rings. The molecular weight excluding hydrogens is 680 g/mol. The second-order valence-electron chi connectivity index (χ2n) is 11.8. The largest absolute Gasteiger partial charge is 0.573 e. The Balaban J connectivity index is 0.000000357. The van der Waals surface area contributed by atoms with Gasteiger partial charge in [0.2, 0.25) is 11.9 Å². The van der Waals surface area contributed by atoms with Crippen LogP contribution < -0.4 is 31.0 Å². The molecule has 1 aliphatic rings. The molecule has 0 bridgehead atoms. The highest BCUT2D eigenvalue weighted by Crippen LogP contribution is 2.37. The van der Waals surface area contributed by atoms with Crippen LogP contribution in [0.4, 0.5) is 38.0 Å². The highest BCUT2D eigenvalue weighted by Gasteiger charge is 2.42. The number of carbonyl (C=O) groups excluding carboxylic acids is 1. The molecule has 15 heteroatoms. The zero-order chi connectivity index (χ0) is 36.6. The smallest absolute Gasteiger partial charge is 0.406 e. The van der Waals surface area contributed by atoms with E-state index in [9.17, 15) is 35.9 Å². The zero-order valence-corrected chi connectivity index (χ0v) is 26.9. The van der Waals surface area contributed by atoms with E-state index in [1.165, 1.54) is 18.2 Å². The number of nitrogens with two attached hydrogens (primary N) is 1. The number of nitrogens with one attached hydrogen (secondary N) is 2. The SMILES string of the molecule is Nc1ccc(OC(F)(F)F)cc1.O=C(NCc1ccccc1)C1(Cc2ccccc2)CCN(c2nc3ccc(OC(F)(F)F)cc3c(=O)[nH]2)CC1. The monoisotopic (exact) mass is 713 g/mol. The summed E-state index contributed by atoms with van der Waals surface area (Å²) in [5.74, 6) is -0.459. The van der Waals surface area contributed by atoms with Gasteiger partial charge in [-0.15, -0.1) is 26.3 Å². The van der Waals surface area contributed by atoms with Gasteiger partial charge in [0.25, 0.3) is 5.56 Å². The average Bonchev–Trinajstić information content (AvgIpc) is 3.09. The predicted molar refractivity (Wildman–Crippen MR) is 179 cm³/mol. The Morgan fingerprint density at radius 2 is 1.35 bits per heavy atom. The molecule has 4 N–H and O–H groups in total. The molecule has 0 unspecified atom stereocenters. The number of aromatic nitrogens is 2. The highest BCUT2D eigenvalue weighted by atomic mass is 19.4. The first kappa shape index (κ1) is 36.5. The molecule has 6 rings (SSSR count). The molecule has 0 aliphatic carbocycles. The number of rotatable bonds is 8. The third kappa shape index (κ3) is 10.4. The van der Waals surface area contributed by atoms with Gasteiger partial charge in [-0.05, 0) is 72.9 Å². The summed E-state index contributed by atoms with van der Waals surface area (Å²) in [5, 5.41) is 3.11. The van der Waals surface area contributed by atoms with E-state index < -0.39 is 29.4 Å². The fourth-order valence-electron chi connectivity index (χ4n) is 5.70. The van der Waals surface area contributed by atoms with Crippen LogP contribution >= 0.6 is 0 Å². The number of anilines is 2. The summed E-state index contributed by atoms with van der Waals surface area (Å²) in [6, 6.07) is 28.1. The van der Waals surface area contributed by atoms with Gasteiger partial charge in [-0.3, -0.25) is 14.6 Å². The van der Waals surface area contributed by atoms with Gasteiger partial charge < -0.3 is 25.4 Å². The Kier molecular flexibility index (Phi) is 11.1. The highest BCUT2D eigenvalue weighted by molar-refractivity contribution is 5.83.